The third-order valence-corrected chi connectivity index (χ3v) is 4.07. The second kappa shape index (κ2) is 4.63. The van der Waals surface area contributed by atoms with Gasteiger partial charge in [-0.25, -0.2) is 0 Å². The van der Waals surface area contributed by atoms with Crippen LogP contribution in [0, 0.1) is 5.92 Å². The molecule has 0 bridgehead atoms. The SMILES string of the molecule is CC(=O)N1CCc2cc(Br)cc(NC(=O)C3CC3)c21. The van der Waals surface area contributed by atoms with E-state index < -0.39 is 0 Å². The number of nitrogens with zero attached hydrogens (tertiary/aromatic N) is 1. The predicted molar refractivity (Wildman–Crippen MR) is 77.2 cm³/mol. The van der Waals surface area contributed by atoms with E-state index in [1.165, 1.54) is 0 Å². The molecule has 1 fully saturated rings. The van der Waals surface area contributed by atoms with Gasteiger partial charge >= 0.3 is 0 Å². The van der Waals surface area contributed by atoms with E-state index in [-0.39, 0.29) is 17.7 Å². The zero-order chi connectivity index (χ0) is 13.6. The molecule has 1 heterocycles. The second-order valence-electron chi connectivity index (χ2n) is 5.15. The van der Waals surface area contributed by atoms with Crippen LogP contribution in [0.4, 0.5) is 11.4 Å². The maximum absolute atomic E-state index is 11.9. The van der Waals surface area contributed by atoms with Gasteiger partial charge in [0, 0.05) is 23.9 Å². The molecule has 1 aliphatic carbocycles. The topological polar surface area (TPSA) is 49.4 Å². The van der Waals surface area contributed by atoms with Crippen LogP contribution < -0.4 is 10.2 Å². The van der Waals surface area contributed by atoms with E-state index in [2.05, 4.69) is 21.2 Å². The minimum Gasteiger partial charge on any atom is -0.324 e. The Labute approximate surface area is 120 Å². The molecular formula is C14H15BrN2O2. The number of carbonyl (C=O) groups excluding carboxylic acids is 2. The number of hydrogen-bond donors (Lipinski definition) is 1. The second-order valence-corrected chi connectivity index (χ2v) is 6.06. The van der Waals surface area contributed by atoms with Crippen molar-refractivity contribution in [2.24, 2.45) is 5.92 Å². The summed E-state index contributed by atoms with van der Waals surface area (Å²) in [6.45, 7) is 2.25. The van der Waals surface area contributed by atoms with Gasteiger partial charge in [-0.1, -0.05) is 15.9 Å². The Hall–Kier alpha value is -1.36. The molecule has 0 radical (unpaired) electrons. The lowest BCUT2D eigenvalue weighted by Crippen LogP contribution is -2.27. The lowest BCUT2D eigenvalue weighted by Gasteiger charge is -2.19. The molecule has 1 saturated carbocycles. The summed E-state index contributed by atoms with van der Waals surface area (Å²) in [6.07, 6.45) is 2.78. The zero-order valence-corrected chi connectivity index (χ0v) is 12.3. The average Bonchev–Trinajstić information content (AvgIpc) is 3.09. The highest BCUT2D eigenvalue weighted by atomic mass is 79.9. The highest BCUT2D eigenvalue weighted by Crippen LogP contribution is 2.39. The summed E-state index contributed by atoms with van der Waals surface area (Å²) in [7, 11) is 0. The Morgan fingerprint density at radius 2 is 2.11 bits per heavy atom. The first-order valence-electron chi connectivity index (χ1n) is 6.47. The molecule has 1 aliphatic heterocycles. The van der Waals surface area contributed by atoms with Crippen molar-refractivity contribution in [2.75, 3.05) is 16.8 Å². The van der Waals surface area contributed by atoms with Crippen molar-refractivity contribution in [3.8, 4) is 0 Å². The van der Waals surface area contributed by atoms with Crippen molar-refractivity contribution in [3.63, 3.8) is 0 Å². The maximum atomic E-state index is 11.9. The van der Waals surface area contributed by atoms with Crippen LogP contribution in [0.25, 0.3) is 0 Å². The number of amides is 2. The molecule has 19 heavy (non-hydrogen) atoms. The molecular weight excluding hydrogens is 308 g/mol. The molecule has 2 amide bonds. The number of anilines is 2. The van der Waals surface area contributed by atoms with Crippen molar-refractivity contribution in [3.05, 3.63) is 22.2 Å². The van der Waals surface area contributed by atoms with Gasteiger partial charge < -0.3 is 10.2 Å². The summed E-state index contributed by atoms with van der Waals surface area (Å²) in [5, 5.41) is 2.97. The number of rotatable bonds is 2. The largest absolute Gasteiger partial charge is 0.324 e. The fourth-order valence-electron chi connectivity index (χ4n) is 2.50. The molecule has 3 rings (SSSR count). The first-order chi connectivity index (χ1) is 9.06. The van der Waals surface area contributed by atoms with Crippen molar-refractivity contribution < 1.29 is 9.59 Å². The molecule has 0 saturated heterocycles. The van der Waals surface area contributed by atoms with Crippen LogP contribution in [0.5, 0.6) is 0 Å². The first-order valence-corrected chi connectivity index (χ1v) is 7.27. The van der Waals surface area contributed by atoms with Crippen LogP contribution in [0.3, 0.4) is 0 Å². The number of nitrogens with one attached hydrogen (secondary N) is 1. The fraction of sp³-hybridized carbons (Fsp3) is 0.429. The number of halogens is 1. The monoisotopic (exact) mass is 322 g/mol. The van der Waals surface area contributed by atoms with E-state index in [1.807, 2.05) is 12.1 Å². The van der Waals surface area contributed by atoms with Crippen molar-refractivity contribution >= 4 is 39.1 Å². The molecule has 0 aromatic heterocycles. The summed E-state index contributed by atoms with van der Waals surface area (Å²) in [6, 6.07) is 3.89. The van der Waals surface area contributed by atoms with Crippen LogP contribution in [-0.2, 0) is 16.0 Å². The Kier molecular flexibility index (Phi) is 3.09. The zero-order valence-electron chi connectivity index (χ0n) is 10.7. The minimum absolute atomic E-state index is 0.0167. The van der Waals surface area contributed by atoms with Crippen molar-refractivity contribution in [1.82, 2.24) is 0 Å². The quantitative estimate of drug-likeness (QED) is 0.910. The molecule has 0 atom stereocenters. The van der Waals surface area contributed by atoms with E-state index >= 15 is 0 Å². The Morgan fingerprint density at radius 3 is 2.74 bits per heavy atom. The standard InChI is InChI=1S/C14H15BrN2O2/c1-8(18)17-5-4-10-6-11(15)7-12(13(10)17)16-14(19)9-2-3-9/h6-7,9H,2-5H2,1H3,(H,16,19). The fourth-order valence-corrected chi connectivity index (χ4v) is 3.00. The van der Waals surface area contributed by atoms with Gasteiger partial charge in [-0.3, -0.25) is 9.59 Å². The average molecular weight is 323 g/mol. The molecule has 100 valence electrons. The van der Waals surface area contributed by atoms with Crippen molar-refractivity contribution in [2.45, 2.75) is 26.2 Å². The van der Waals surface area contributed by atoms with Gasteiger partial charge in [0.05, 0.1) is 11.4 Å². The number of fused-ring (bicyclic) bond motifs is 1. The van der Waals surface area contributed by atoms with Gasteiger partial charge in [-0.2, -0.15) is 0 Å². The van der Waals surface area contributed by atoms with Gasteiger partial charge in [0.2, 0.25) is 11.8 Å². The van der Waals surface area contributed by atoms with Gasteiger partial charge in [0.15, 0.2) is 0 Å². The number of carbonyl (C=O) groups is 2. The lowest BCUT2D eigenvalue weighted by molar-refractivity contribution is -0.118. The predicted octanol–water partition coefficient (Wildman–Crippen LogP) is 2.71. The Balaban J connectivity index is 1.98. The normalized spacial score (nSPS) is 17.3. The highest BCUT2D eigenvalue weighted by Gasteiger charge is 2.32. The molecule has 5 heteroatoms. The van der Waals surface area contributed by atoms with Gasteiger partial charge in [-0.05, 0) is 37.0 Å². The van der Waals surface area contributed by atoms with Crippen LogP contribution in [0.2, 0.25) is 0 Å². The molecule has 1 aromatic rings. The van der Waals surface area contributed by atoms with E-state index in [4.69, 9.17) is 0 Å². The summed E-state index contributed by atoms with van der Waals surface area (Å²) >= 11 is 3.46. The third-order valence-electron chi connectivity index (χ3n) is 3.61. The number of benzene rings is 1. The molecule has 0 spiro atoms. The molecule has 0 unspecified atom stereocenters. The molecule has 1 N–H and O–H groups in total. The van der Waals surface area contributed by atoms with Gasteiger partial charge in [0.1, 0.15) is 0 Å². The summed E-state index contributed by atoms with van der Waals surface area (Å²) < 4.78 is 0.933. The minimum atomic E-state index is 0.0167. The molecule has 1 aromatic carbocycles. The van der Waals surface area contributed by atoms with E-state index in [0.29, 0.717) is 6.54 Å². The summed E-state index contributed by atoms with van der Waals surface area (Å²) in [4.78, 5) is 25.4. The summed E-state index contributed by atoms with van der Waals surface area (Å²) in [5.74, 6) is 0.237. The number of hydrogen-bond acceptors (Lipinski definition) is 2. The van der Waals surface area contributed by atoms with E-state index in [9.17, 15) is 9.59 Å². The van der Waals surface area contributed by atoms with E-state index in [1.54, 1.807) is 11.8 Å². The van der Waals surface area contributed by atoms with E-state index in [0.717, 1.165) is 40.7 Å². The first kappa shape index (κ1) is 12.7. The van der Waals surface area contributed by atoms with Crippen LogP contribution >= 0.6 is 15.9 Å². The van der Waals surface area contributed by atoms with Crippen LogP contribution in [0.1, 0.15) is 25.3 Å². The maximum Gasteiger partial charge on any atom is 0.227 e. The molecule has 4 nitrogen and oxygen atoms in total. The lowest BCUT2D eigenvalue weighted by atomic mass is 10.1. The molecule has 2 aliphatic rings. The smallest absolute Gasteiger partial charge is 0.227 e. The summed E-state index contributed by atoms with van der Waals surface area (Å²) in [5.41, 5.74) is 2.72. The Morgan fingerprint density at radius 1 is 1.37 bits per heavy atom. The third kappa shape index (κ3) is 2.39. The van der Waals surface area contributed by atoms with Crippen LogP contribution in [0.15, 0.2) is 16.6 Å². The van der Waals surface area contributed by atoms with Crippen molar-refractivity contribution in [1.29, 1.82) is 0 Å². The Bertz CT molecular complexity index is 567. The van der Waals surface area contributed by atoms with Gasteiger partial charge in [-0.15, -0.1) is 0 Å². The van der Waals surface area contributed by atoms with Gasteiger partial charge in [0.25, 0.3) is 0 Å². The van der Waals surface area contributed by atoms with Crippen LogP contribution in [-0.4, -0.2) is 18.4 Å². The highest BCUT2D eigenvalue weighted by molar-refractivity contribution is 9.10.